The minimum atomic E-state index is -3.35. The van der Waals surface area contributed by atoms with E-state index in [-0.39, 0.29) is 0 Å². The van der Waals surface area contributed by atoms with Crippen molar-refractivity contribution >= 4 is 33.3 Å². The average Bonchev–Trinajstić information content (AvgIpc) is 2.40. The van der Waals surface area contributed by atoms with Crippen molar-refractivity contribution in [2.75, 3.05) is 22.8 Å². The molecule has 0 aromatic heterocycles. The summed E-state index contributed by atoms with van der Waals surface area (Å²) in [6.45, 7) is 5.54. The molecule has 3 amide bonds. The van der Waals surface area contributed by atoms with Crippen LogP contribution in [0.25, 0.3) is 0 Å². The summed E-state index contributed by atoms with van der Waals surface area (Å²) in [7, 11) is -3.35. The molecule has 0 heterocycles. The molecule has 0 bridgehead atoms. The Balaban J connectivity index is 2.72. The Hall–Kier alpha value is -2.29. The van der Waals surface area contributed by atoms with Gasteiger partial charge in [0.2, 0.25) is 15.9 Å². The summed E-state index contributed by atoms with van der Waals surface area (Å²) in [5, 5.41) is 7.64. The lowest BCUT2D eigenvalue weighted by Crippen LogP contribution is -2.45. The number of sulfonamides is 1. The van der Waals surface area contributed by atoms with E-state index in [1.165, 1.54) is 0 Å². The highest BCUT2D eigenvalue weighted by Gasteiger charge is 2.15. The van der Waals surface area contributed by atoms with E-state index in [0.29, 0.717) is 23.5 Å². The van der Waals surface area contributed by atoms with E-state index in [1.807, 2.05) is 0 Å². The summed E-state index contributed by atoms with van der Waals surface area (Å²) in [5.41, 5.74) is 1.81. The first kappa shape index (κ1) is 18.8. The number of nitrogens with one attached hydrogen (secondary N) is 4. The molecule has 1 atom stereocenters. The van der Waals surface area contributed by atoms with Gasteiger partial charge in [0, 0.05) is 12.2 Å². The summed E-state index contributed by atoms with van der Waals surface area (Å²) in [5.74, 6) is -0.466. The molecule has 1 rings (SSSR count). The monoisotopic (exact) mass is 342 g/mol. The van der Waals surface area contributed by atoms with Crippen molar-refractivity contribution in [2.24, 2.45) is 0 Å². The predicted molar refractivity (Wildman–Crippen MR) is 89.9 cm³/mol. The number of carbonyl (C=O) groups is 2. The number of carbonyl (C=O) groups excluding carboxylic acids is 2. The van der Waals surface area contributed by atoms with Crippen molar-refractivity contribution in [2.45, 2.75) is 26.8 Å². The number of benzene rings is 1. The highest BCUT2D eigenvalue weighted by molar-refractivity contribution is 7.92. The number of amides is 3. The third kappa shape index (κ3) is 6.55. The fourth-order valence-corrected chi connectivity index (χ4v) is 2.44. The molecule has 0 radical (unpaired) electrons. The van der Waals surface area contributed by atoms with E-state index in [4.69, 9.17) is 0 Å². The van der Waals surface area contributed by atoms with E-state index in [1.54, 1.807) is 39.0 Å². The van der Waals surface area contributed by atoms with Crippen LogP contribution in [0.5, 0.6) is 0 Å². The lowest BCUT2D eigenvalue weighted by Gasteiger charge is -2.16. The van der Waals surface area contributed by atoms with E-state index in [9.17, 15) is 18.0 Å². The highest BCUT2D eigenvalue weighted by Crippen LogP contribution is 2.21. The number of anilines is 2. The molecule has 0 aliphatic heterocycles. The van der Waals surface area contributed by atoms with Gasteiger partial charge in [0.25, 0.3) is 0 Å². The van der Waals surface area contributed by atoms with Gasteiger partial charge in [0.1, 0.15) is 6.04 Å². The van der Waals surface area contributed by atoms with Crippen LogP contribution in [0.15, 0.2) is 18.2 Å². The van der Waals surface area contributed by atoms with Gasteiger partial charge in [-0.2, -0.15) is 0 Å². The topological polar surface area (TPSA) is 116 Å². The van der Waals surface area contributed by atoms with E-state index in [0.717, 1.165) is 6.26 Å². The van der Waals surface area contributed by atoms with Crippen molar-refractivity contribution in [3.63, 3.8) is 0 Å². The van der Waals surface area contributed by atoms with Crippen LogP contribution in [0, 0.1) is 6.92 Å². The smallest absolute Gasteiger partial charge is 0.321 e. The first-order valence-corrected chi connectivity index (χ1v) is 8.95. The Labute approximate surface area is 136 Å². The van der Waals surface area contributed by atoms with Crippen LogP contribution >= 0.6 is 0 Å². The van der Waals surface area contributed by atoms with Crippen LogP contribution in [0.1, 0.15) is 19.4 Å². The Bertz CT molecular complexity index is 688. The van der Waals surface area contributed by atoms with Gasteiger partial charge in [-0.05, 0) is 44.5 Å². The van der Waals surface area contributed by atoms with Gasteiger partial charge < -0.3 is 10.6 Å². The fraction of sp³-hybridized carbons (Fsp3) is 0.429. The number of urea groups is 1. The standard InChI is InChI=1S/C14H22N4O4S/c1-5-15-14(20)17-13(19)10(3)16-11-6-7-12(9(2)8-11)18-23(4,21)22/h6-8,10,16,18H,5H2,1-4H3,(H2,15,17,19,20)/t10-/m0/s1. The SMILES string of the molecule is CCNC(=O)NC(=O)[C@H](C)Nc1ccc(NS(C)(=O)=O)c(C)c1. The molecule has 23 heavy (non-hydrogen) atoms. The van der Waals surface area contributed by atoms with Gasteiger partial charge in [-0.1, -0.05) is 0 Å². The van der Waals surface area contributed by atoms with Gasteiger partial charge in [0.05, 0.1) is 11.9 Å². The zero-order valence-corrected chi connectivity index (χ0v) is 14.4. The van der Waals surface area contributed by atoms with Gasteiger partial charge in [0.15, 0.2) is 0 Å². The van der Waals surface area contributed by atoms with Crippen LogP contribution in [-0.4, -0.2) is 39.2 Å². The molecule has 1 aromatic rings. The van der Waals surface area contributed by atoms with E-state index in [2.05, 4.69) is 20.7 Å². The fourth-order valence-electron chi connectivity index (χ4n) is 1.81. The molecule has 0 saturated heterocycles. The third-order valence-corrected chi connectivity index (χ3v) is 3.46. The molecule has 9 heteroatoms. The maximum absolute atomic E-state index is 11.8. The average molecular weight is 342 g/mol. The number of hydrogen-bond donors (Lipinski definition) is 4. The molecule has 0 unspecified atom stereocenters. The van der Waals surface area contributed by atoms with Crippen LogP contribution in [0.2, 0.25) is 0 Å². The van der Waals surface area contributed by atoms with Crippen LogP contribution < -0.4 is 20.7 Å². The van der Waals surface area contributed by atoms with Gasteiger partial charge in [-0.3, -0.25) is 14.8 Å². The summed E-state index contributed by atoms with van der Waals surface area (Å²) < 4.78 is 24.9. The highest BCUT2D eigenvalue weighted by atomic mass is 32.2. The molecular weight excluding hydrogens is 320 g/mol. The van der Waals surface area contributed by atoms with Crippen LogP contribution in [0.4, 0.5) is 16.2 Å². The van der Waals surface area contributed by atoms with Gasteiger partial charge >= 0.3 is 6.03 Å². The van der Waals surface area contributed by atoms with Crippen molar-refractivity contribution in [3.05, 3.63) is 23.8 Å². The molecule has 0 spiro atoms. The molecule has 8 nitrogen and oxygen atoms in total. The second kappa shape index (κ2) is 7.82. The number of imide groups is 1. The van der Waals surface area contributed by atoms with Crippen molar-refractivity contribution < 1.29 is 18.0 Å². The van der Waals surface area contributed by atoms with Gasteiger partial charge in [-0.25, -0.2) is 13.2 Å². The molecule has 1 aromatic carbocycles. The summed E-state index contributed by atoms with van der Waals surface area (Å²) in [6, 6.07) is 3.79. The zero-order valence-electron chi connectivity index (χ0n) is 13.6. The summed E-state index contributed by atoms with van der Waals surface area (Å²) in [4.78, 5) is 23.2. The Morgan fingerprint density at radius 1 is 1.26 bits per heavy atom. The molecule has 0 aliphatic carbocycles. The lowest BCUT2D eigenvalue weighted by atomic mass is 10.1. The van der Waals surface area contributed by atoms with Crippen LogP contribution in [-0.2, 0) is 14.8 Å². The van der Waals surface area contributed by atoms with Crippen molar-refractivity contribution in [3.8, 4) is 0 Å². The number of aryl methyl sites for hydroxylation is 1. The molecule has 128 valence electrons. The first-order valence-electron chi connectivity index (χ1n) is 7.06. The van der Waals surface area contributed by atoms with Crippen molar-refractivity contribution in [1.82, 2.24) is 10.6 Å². The molecular formula is C14H22N4O4S. The van der Waals surface area contributed by atoms with Crippen LogP contribution in [0.3, 0.4) is 0 Å². The van der Waals surface area contributed by atoms with E-state index < -0.39 is 28.0 Å². The Kier molecular flexibility index (Phi) is 6.38. The zero-order chi connectivity index (χ0) is 17.6. The maximum atomic E-state index is 11.8. The summed E-state index contributed by atoms with van der Waals surface area (Å²) >= 11 is 0. The third-order valence-electron chi connectivity index (χ3n) is 2.87. The normalized spacial score (nSPS) is 12.2. The number of hydrogen-bond acceptors (Lipinski definition) is 5. The maximum Gasteiger partial charge on any atom is 0.321 e. The predicted octanol–water partition coefficient (Wildman–Crippen LogP) is 1.01. The molecule has 0 fully saturated rings. The lowest BCUT2D eigenvalue weighted by molar-refractivity contribution is -0.120. The number of rotatable bonds is 6. The molecule has 0 aliphatic rings. The molecule has 4 N–H and O–H groups in total. The Morgan fingerprint density at radius 2 is 1.91 bits per heavy atom. The first-order chi connectivity index (χ1) is 10.6. The van der Waals surface area contributed by atoms with Crippen molar-refractivity contribution in [1.29, 1.82) is 0 Å². The quantitative estimate of drug-likeness (QED) is 0.616. The van der Waals surface area contributed by atoms with Gasteiger partial charge in [-0.15, -0.1) is 0 Å². The summed E-state index contributed by atoms with van der Waals surface area (Å²) in [6.07, 6.45) is 1.08. The Morgan fingerprint density at radius 3 is 2.43 bits per heavy atom. The largest absolute Gasteiger partial charge is 0.374 e. The minimum absolute atomic E-state index is 0.426. The molecule has 0 saturated carbocycles. The second-order valence-electron chi connectivity index (χ2n) is 5.12. The second-order valence-corrected chi connectivity index (χ2v) is 6.87. The minimum Gasteiger partial charge on any atom is -0.374 e. The van der Waals surface area contributed by atoms with E-state index >= 15 is 0 Å².